The lowest BCUT2D eigenvalue weighted by Gasteiger charge is -2.16. The van der Waals surface area contributed by atoms with Gasteiger partial charge < -0.3 is 5.11 Å². The summed E-state index contributed by atoms with van der Waals surface area (Å²) >= 11 is 0. The molecular formula is C20H42O. The van der Waals surface area contributed by atoms with Crippen molar-refractivity contribution >= 4 is 0 Å². The van der Waals surface area contributed by atoms with Crippen LogP contribution < -0.4 is 0 Å². The van der Waals surface area contributed by atoms with E-state index in [-0.39, 0.29) is 0 Å². The van der Waals surface area contributed by atoms with Crippen molar-refractivity contribution in [1.29, 1.82) is 0 Å². The Balaban J connectivity index is 3.45. The number of aliphatic hydroxyl groups is 1. The molecule has 0 aliphatic rings. The summed E-state index contributed by atoms with van der Waals surface area (Å²) in [7, 11) is 0. The minimum Gasteiger partial charge on any atom is -0.396 e. The molecule has 2 unspecified atom stereocenters. The Hall–Kier alpha value is -0.0400. The quantitative estimate of drug-likeness (QED) is 0.391. The average Bonchev–Trinajstić information content (AvgIpc) is 2.38. The number of hydrogen-bond acceptors (Lipinski definition) is 1. The molecular weight excluding hydrogens is 256 g/mol. The van der Waals surface area contributed by atoms with E-state index in [1.165, 1.54) is 57.8 Å². The molecule has 0 heterocycles. The van der Waals surface area contributed by atoms with Crippen molar-refractivity contribution in [2.75, 3.05) is 6.61 Å². The van der Waals surface area contributed by atoms with E-state index in [4.69, 9.17) is 5.11 Å². The lowest BCUT2D eigenvalue weighted by atomic mass is 9.91. The summed E-state index contributed by atoms with van der Waals surface area (Å²) in [6.45, 7) is 12.1. The van der Waals surface area contributed by atoms with Crippen LogP contribution in [0.25, 0.3) is 0 Å². The molecule has 0 saturated carbocycles. The fourth-order valence-electron chi connectivity index (χ4n) is 3.16. The minimum absolute atomic E-state index is 0.353. The third-order valence-corrected chi connectivity index (χ3v) is 4.89. The summed E-state index contributed by atoms with van der Waals surface area (Å²) < 4.78 is 0. The number of hydrogen-bond donors (Lipinski definition) is 1. The minimum atomic E-state index is 0.353. The largest absolute Gasteiger partial charge is 0.396 e. The normalized spacial score (nSPS) is 16.1. The monoisotopic (exact) mass is 298 g/mol. The van der Waals surface area contributed by atoms with E-state index in [1.54, 1.807) is 0 Å². The van der Waals surface area contributed by atoms with Gasteiger partial charge in [0.25, 0.3) is 0 Å². The van der Waals surface area contributed by atoms with Gasteiger partial charge in [0.1, 0.15) is 0 Å². The molecule has 0 aromatic rings. The zero-order chi connectivity index (χ0) is 16.1. The van der Waals surface area contributed by atoms with E-state index in [9.17, 15) is 0 Å². The van der Waals surface area contributed by atoms with Crippen molar-refractivity contribution in [1.82, 2.24) is 0 Å². The van der Waals surface area contributed by atoms with Gasteiger partial charge in [0.05, 0.1) is 0 Å². The highest BCUT2D eigenvalue weighted by atomic mass is 16.3. The van der Waals surface area contributed by atoms with Crippen molar-refractivity contribution in [2.45, 2.75) is 98.8 Å². The Morgan fingerprint density at radius 2 is 0.857 bits per heavy atom. The van der Waals surface area contributed by atoms with Crippen molar-refractivity contribution in [3.63, 3.8) is 0 Å². The first kappa shape index (κ1) is 21.0. The van der Waals surface area contributed by atoms with Crippen LogP contribution in [-0.4, -0.2) is 11.7 Å². The molecule has 0 saturated heterocycles. The Kier molecular flexibility index (Phi) is 13.6. The highest BCUT2D eigenvalue weighted by molar-refractivity contribution is 4.60. The predicted molar refractivity (Wildman–Crippen MR) is 95.6 cm³/mol. The van der Waals surface area contributed by atoms with Gasteiger partial charge in [-0.1, -0.05) is 92.4 Å². The molecule has 0 bridgehead atoms. The van der Waals surface area contributed by atoms with E-state index in [0.717, 1.165) is 24.2 Å². The summed E-state index contributed by atoms with van der Waals surface area (Å²) in [5.74, 6) is 3.36. The summed E-state index contributed by atoms with van der Waals surface area (Å²) in [6.07, 6.45) is 13.4. The molecule has 21 heavy (non-hydrogen) atoms. The maximum Gasteiger partial charge on any atom is 0.0433 e. The van der Waals surface area contributed by atoms with Crippen LogP contribution in [0.15, 0.2) is 0 Å². The second kappa shape index (κ2) is 13.6. The third-order valence-electron chi connectivity index (χ3n) is 4.89. The molecule has 0 amide bonds. The molecule has 0 rings (SSSR count). The van der Waals surface area contributed by atoms with Gasteiger partial charge in [0.15, 0.2) is 0 Å². The van der Waals surface area contributed by atoms with Crippen molar-refractivity contribution in [3.05, 3.63) is 0 Å². The first-order chi connectivity index (χ1) is 9.95. The lowest BCUT2D eigenvalue weighted by Crippen LogP contribution is -2.02. The molecule has 0 aliphatic heterocycles. The van der Waals surface area contributed by atoms with Crippen LogP contribution in [0, 0.1) is 23.7 Å². The Morgan fingerprint density at radius 1 is 0.524 bits per heavy atom. The standard InChI is InChI=1S/C20H42O/c1-17(2)9-6-10-18(3)11-7-12-19(4)13-8-14-20(5)15-16-21/h17-21H,6-16H2,1-5H3/t18?,19?,20-/m0/s1. The lowest BCUT2D eigenvalue weighted by molar-refractivity contribution is 0.255. The first-order valence-electron chi connectivity index (χ1n) is 9.56. The summed E-state index contributed by atoms with van der Waals surface area (Å²) in [4.78, 5) is 0. The maximum atomic E-state index is 8.91. The van der Waals surface area contributed by atoms with Crippen LogP contribution in [0.4, 0.5) is 0 Å². The fraction of sp³-hybridized carbons (Fsp3) is 1.00. The Bertz CT molecular complexity index is 212. The molecule has 3 atom stereocenters. The van der Waals surface area contributed by atoms with Crippen LogP contribution >= 0.6 is 0 Å². The molecule has 0 aromatic heterocycles. The van der Waals surface area contributed by atoms with E-state index in [2.05, 4.69) is 34.6 Å². The number of aliphatic hydroxyl groups excluding tert-OH is 1. The molecule has 128 valence electrons. The molecule has 0 aromatic carbocycles. The van der Waals surface area contributed by atoms with Gasteiger partial charge >= 0.3 is 0 Å². The van der Waals surface area contributed by atoms with Gasteiger partial charge in [-0.05, 0) is 30.1 Å². The molecule has 0 spiro atoms. The van der Waals surface area contributed by atoms with E-state index >= 15 is 0 Å². The van der Waals surface area contributed by atoms with Crippen molar-refractivity contribution < 1.29 is 5.11 Å². The van der Waals surface area contributed by atoms with Gasteiger partial charge in [-0.3, -0.25) is 0 Å². The zero-order valence-corrected chi connectivity index (χ0v) is 15.5. The second-order valence-corrected chi connectivity index (χ2v) is 8.01. The van der Waals surface area contributed by atoms with Crippen LogP contribution in [0.3, 0.4) is 0 Å². The maximum absolute atomic E-state index is 8.91. The van der Waals surface area contributed by atoms with Gasteiger partial charge in [-0.15, -0.1) is 0 Å². The zero-order valence-electron chi connectivity index (χ0n) is 15.5. The van der Waals surface area contributed by atoms with Crippen LogP contribution in [0.2, 0.25) is 0 Å². The fourth-order valence-corrected chi connectivity index (χ4v) is 3.16. The van der Waals surface area contributed by atoms with Crippen molar-refractivity contribution in [2.24, 2.45) is 23.7 Å². The van der Waals surface area contributed by atoms with E-state index in [0.29, 0.717) is 12.5 Å². The van der Waals surface area contributed by atoms with Crippen LogP contribution in [0.1, 0.15) is 98.8 Å². The SMILES string of the molecule is CC(C)CCCC(C)CCCC(C)CCC[C@H](C)CCO. The van der Waals surface area contributed by atoms with Gasteiger partial charge in [0, 0.05) is 6.61 Å². The smallest absolute Gasteiger partial charge is 0.0433 e. The molecule has 1 nitrogen and oxygen atoms in total. The van der Waals surface area contributed by atoms with Gasteiger partial charge in [-0.2, -0.15) is 0 Å². The molecule has 1 heteroatoms. The highest BCUT2D eigenvalue weighted by Crippen LogP contribution is 2.22. The van der Waals surface area contributed by atoms with Crippen molar-refractivity contribution in [3.8, 4) is 0 Å². The van der Waals surface area contributed by atoms with E-state index < -0.39 is 0 Å². The van der Waals surface area contributed by atoms with Crippen LogP contribution in [-0.2, 0) is 0 Å². The van der Waals surface area contributed by atoms with E-state index in [1.807, 2.05) is 0 Å². The predicted octanol–water partition coefficient (Wildman–Crippen LogP) is 6.44. The Labute approximate surface area is 134 Å². The molecule has 0 fully saturated rings. The summed E-state index contributed by atoms with van der Waals surface area (Å²) in [5, 5.41) is 8.91. The second-order valence-electron chi connectivity index (χ2n) is 8.01. The Morgan fingerprint density at radius 3 is 1.19 bits per heavy atom. The van der Waals surface area contributed by atoms with Crippen LogP contribution in [0.5, 0.6) is 0 Å². The van der Waals surface area contributed by atoms with Gasteiger partial charge in [0.2, 0.25) is 0 Å². The average molecular weight is 299 g/mol. The molecule has 0 aliphatic carbocycles. The highest BCUT2D eigenvalue weighted by Gasteiger charge is 2.07. The first-order valence-corrected chi connectivity index (χ1v) is 9.56. The van der Waals surface area contributed by atoms with Gasteiger partial charge in [-0.25, -0.2) is 0 Å². The number of rotatable bonds is 14. The molecule has 1 N–H and O–H groups in total. The summed E-state index contributed by atoms with van der Waals surface area (Å²) in [5.41, 5.74) is 0. The molecule has 0 radical (unpaired) electrons. The third kappa shape index (κ3) is 14.7. The topological polar surface area (TPSA) is 20.2 Å². The summed E-state index contributed by atoms with van der Waals surface area (Å²) in [6, 6.07) is 0.